The zero-order chi connectivity index (χ0) is 25.9. The van der Waals surface area contributed by atoms with Crippen LogP contribution in [0.2, 0.25) is 0 Å². The third kappa shape index (κ3) is 3.63. The van der Waals surface area contributed by atoms with Crippen molar-refractivity contribution in [2.24, 2.45) is 40.4 Å². The summed E-state index contributed by atoms with van der Waals surface area (Å²) in [7, 11) is 0. The second-order valence-electron chi connectivity index (χ2n) is 11.5. The van der Waals surface area contributed by atoms with Crippen molar-refractivity contribution in [1.29, 1.82) is 0 Å². The molecule has 0 aromatic heterocycles. The van der Waals surface area contributed by atoms with Crippen LogP contribution in [0.25, 0.3) is 0 Å². The van der Waals surface area contributed by atoms with Gasteiger partial charge in [0.25, 0.3) is 0 Å². The third-order valence-electron chi connectivity index (χ3n) is 9.62. The van der Waals surface area contributed by atoms with Gasteiger partial charge in [0.2, 0.25) is 5.78 Å². The molecular weight excluding hydrogens is 452 g/mol. The lowest BCUT2D eigenvalue weighted by Crippen LogP contribution is -2.64. The molecule has 8 nitrogen and oxygen atoms in total. The zero-order valence-electron chi connectivity index (χ0n) is 21.3. The number of ether oxygens (including phenoxy) is 2. The topological polar surface area (TPSA) is 116 Å². The number of ketones is 2. The molecule has 0 amide bonds. The van der Waals surface area contributed by atoms with E-state index < -0.39 is 46.9 Å². The highest BCUT2D eigenvalue weighted by Crippen LogP contribution is 2.70. The van der Waals surface area contributed by atoms with Gasteiger partial charge in [-0.05, 0) is 55.1 Å². The molecule has 0 aliphatic heterocycles. The van der Waals surface area contributed by atoms with Crippen molar-refractivity contribution in [3.8, 4) is 0 Å². The molecule has 4 unspecified atom stereocenters. The van der Waals surface area contributed by atoms with E-state index in [2.05, 4.69) is 13.8 Å². The normalized spacial score (nSPS) is 44.0. The monoisotopic (exact) mass is 488 g/mol. The van der Waals surface area contributed by atoms with E-state index in [9.17, 15) is 24.4 Å². The molecule has 0 saturated heterocycles. The molecule has 3 saturated carbocycles. The van der Waals surface area contributed by atoms with Crippen LogP contribution >= 0.6 is 0 Å². The Morgan fingerprint density at radius 2 is 1.80 bits per heavy atom. The fraction of sp³-hybridized carbons (Fsp3) is 0.704. The van der Waals surface area contributed by atoms with E-state index >= 15 is 0 Å². The molecule has 192 valence electrons. The molecule has 4 rings (SSSR count). The van der Waals surface area contributed by atoms with Crippen LogP contribution in [0.1, 0.15) is 60.8 Å². The van der Waals surface area contributed by atoms with Crippen molar-refractivity contribution in [3.05, 3.63) is 23.8 Å². The van der Waals surface area contributed by atoms with Crippen LogP contribution in [0.4, 0.5) is 0 Å². The van der Waals surface area contributed by atoms with Gasteiger partial charge in [0.1, 0.15) is 6.10 Å². The smallest absolute Gasteiger partial charge is 0.303 e. The van der Waals surface area contributed by atoms with E-state index in [1.807, 2.05) is 19.9 Å². The Bertz CT molecular complexity index is 1010. The SMILES string of the molecule is CC(=O)OCC(=O)[C@@]1(OO)[C@H](C)CC2C3C[C@H](C)C4=CC(=O)C=C[C@]4(C)C3C(OC(C)=O)C[C@@]21C. The second-order valence-corrected chi connectivity index (χ2v) is 11.5. The molecule has 0 heterocycles. The average molecular weight is 489 g/mol. The number of fused-ring (bicyclic) bond motifs is 5. The van der Waals surface area contributed by atoms with Gasteiger partial charge in [-0.15, -0.1) is 0 Å². The van der Waals surface area contributed by atoms with Gasteiger partial charge in [-0.1, -0.05) is 39.3 Å². The summed E-state index contributed by atoms with van der Waals surface area (Å²) < 4.78 is 11.0. The van der Waals surface area contributed by atoms with Crippen LogP contribution in [0, 0.1) is 40.4 Å². The van der Waals surface area contributed by atoms with Gasteiger partial charge < -0.3 is 9.47 Å². The van der Waals surface area contributed by atoms with E-state index in [4.69, 9.17) is 14.4 Å². The Labute approximate surface area is 206 Å². The molecule has 0 aromatic rings. The minimum Gasteiger partial charge on any atom is -0.462 e. The maximum atomic E-state index is 13.5. The predicted octanol–water partition coefficient (Wildman–Crippen LogP) is 3.69. The number of rotatable bonds is 5. The van der Waals surface area contributed by atoms with Crippen molar-refractivity contribution in [3.63, 3.8) is 0 Å². The standard InChI is InChI=1S/C27H36O8/c1-14-9-19-21-10-15(2)27(35-32,23(31)13-33-16(3)28)26(21,6)12-22(34-17(4)29)24(19)25(5)8-7-18(30)11-20(14)25/h7-8,11,14-15,19,21-22,24,32H,9-10,12-13H2,1-6H3/t14-,15+,19?,21?,22?,24?,25-,26-,27-/m0/s1. The van der Waals surface area contributed by atoms with E-state index in [1.54, 1.807) is 12.2 Å². The Kier molecular flexibility index (Phi) is 6.37. The molecule has 9 atom stereocenters. The van der Waals surface area contributed by atoms with Gasteiger partial charge in [0.05, 0.1) is 0 Å². The van der Waals surface area contributed by atoms with Gasteiger partial charge in [0.15, 0.2) is 18.0 Å². The van der Waals surface area contributed by atoms with Crippen LogP contribution < -0.4 is 0 Å². The van der Waals surface area contributed by atoms with E-state index in [0.717, 1.165) is 12.0 Å². The van der Waals surface area contributed by atoms with E-state index in [1.165, 1.54) is 13.8 Å². The fourth-order valence-corrected chi connectivity index (χ4v) is 8.47. The first-order chi connectivity index (χ1) is 16.3. The van der Waals surface area contributed by atoms with Gasteiger partial charge in [-0.25, -0.2) is 4.89 Å². The maximum Gasteiger partial charge on any atom is 0.303 e. The van der Waals surface area contributed by atoms with Crippen LogP contribution in [0.15, 0.2) is 23.8 Å². The number of carbonyl (C=O) groups is 4. The fourth-order valence-electron chi connectivity index (χ4n) is 8.47. The molecule has 8 heteroatoms. The van der Waals surface area contributed by atoms with E-state index in [0.29, 0.717) is 12.8 Å². The van der Waals surface area contributed by atoms with Crippen LogP contribution in [0.3, 0.4) is 0 Å². The van der Waals surface area contributed by atoms with Gasteiger partial charge in [-0.3, -0.25) is 24.4 Å². The largest absolute Gasteiger partial charge is 0.462 e. The first-order valence-corrected chi connectivity index (χ1v) is 12.4. The van der Waals surface area contributed by atoms with Crippen molar-refractivity contribution in [2.45, 2.75) is 72.5 Å². The molecule has 0 spiro atoms. The highest BCUT2D eigenvalue weighted by molar-refractivity contribution is 6.01. The molecule has 35 heavy (non-hydrogen) atoms. The van der Waals surface area contributed by atoms with Crippen molar-refractivity contribution in [2.75, 3.05) is 6.61 Å². The third-order valence-corrected chi connectivity index (χ3v) is 9.62. The summed E-state index contributed by atoms with van der Waals surface area (Å²) in [5, 5.41) is 10.3. The second kappa shape index (κ2) is 8.66. The van der Waals surface area contributed by atoms with Crippen LogP contribution in [0.5, 0.6) is 0 Å². The minimum atomic E-state index is -1.60. The molecular formula is C27H36O8. The van der Waals surface area contributed by atoms with Crippen LogP contribution in [-0.4, -0.2) is 47.1 Å². The number of Topliss-reactive ketones (excluding diaryl/α,β-unsaturated/α-hetero) is 1. The number of hydrogen-bond acceptors (Lipinski definition) is 8. The minimum absolute atomic E-state index is 0.0189. The highest BCUT2D eigenvalue weighted by Gasteiger charge is 2.73. The van der Waals surface area contributed by atoms with Gasteiger partial charge >= 0.3 is 11.9 Å². The summed E-state index contributed by atoms with van der Waals surface area (Å²) >= 11 is 0. The molecule has 0 aromatic carbocycles. The van der Waals surface area contributed by atoms with Gasteiger partial charge in [0, 0.05) is 30.6 Å². The quantitative estimate of drug-likeness (QED) is 0.354. The van der Waals surface area contributed by atoms with Gasteiger partial charge in [-0.2, -0.15) is 0 Å². The molecule has 4 aliphatic rings. The summed E-state index contributed by atoms with van der Waals surface area (Å²) in [4.78, 5) is 54.6. The predicted molar refractivity (Wildman–Crippen MR) is 125 cm³/mol. The summed E-state index contributed by atoms with van der Waals surface area (Å²) in [6.07, 6.45) is 6.40. The summed E-state index contributed by atoms with van der Waals surface area (Å²) in [5.74, 6) is -1.85. The first kappa shape index (κ1) is 25.8. The van der Waals surface area contributed by atoms with Crippen LogP contribution in [-0.2, 0) is 33.5 Å². The number of hydrogen-bond donors (Lipinski definition) is 1. The number of esters is 2. The van der Waals surface area contributed by atoms with Crippen molar-refractivity contribution >= 4 is 23.5 Å². The lowest BCUT2D eigenvalue weighted by Gasteiger charge is -2.61. The Balaban J connectivity index is 1.83. The average Bonchev–Trinajstić information content (AvgIpc) is 2.99. The molecule has 0 radical (unpaired) electrons. The summed E-state index contributed by atoms with van der Waals surface area (Å²) in [6, 6.07) is 0. The molecule has 1 N–H and O–H groups in total. The Morgan fingerprint density at radius 3 is 2.40 bits per heavy atom. The summed E-state index contributed by atoms with van der Waals surface area (Å²) in [5.41, 5.74) is -1.90. The first-order valence-electron chi connectivity index (χ1n) is 12.4. The molecule has 3 fully saturated rings. The Morgan fingerprint density at radius 1 is 1.11 bits per heavy atom. The molecule has 0 bridgehead atoms. The number of allylic oxidation sites excluding steroid dienone is 4. The molecule has 4 aliphatic carbocycles. The number of carbonyl (C=O) groups excluding carboxylic acids is 4. The van der Waals surface area contributed by atoms with E-state index in [-0.39, 0.29) is 35.4 Å². The lowest BCUT2D eigenvalue weighted by atomic mass is 9.44. The zero-order valence-corrected chi connectivity index (χ0v) is 21.3. The summed E-state index contributed by atoms with van der Waals surface area (Å²) in [6.45, 7) is 10.1. The highest BCUT2D eigenvalue weighted by atomic mass is 17.1. The maximum absolute atomic E-state index is 13.5. The lowest BCUT2D eigenvalue weighted by molar-refractivity contribution is -0.351. The van der Waals surface area contributed by atoms with Crippen molar-refractivity contribution in [1.82, 2.24) is 0 Å². The Hall–Kier alpha value is -2.32. The van der Waals surface area contributed by atoms with Crippen molar-refractivity contribution < 1.29 is 38.8 Å².